The lowest BCUT2D eigenvalue weighted by molar-refractivity contribution is 0.106. The van der Waals surface area contributed by atoms with E-state index in [4.69, 9.17) is 15.3 Å². The highest BCUT2D eigenvalue weighted by atomic mass is 19.1. The molecule has 0 bridgehead atoms. The topological polar surface area (TPSA) is 82.3 Å². The van der Waals surface area contributed by atoms with Crippen molar-refractivity contribution >= 4 is 5.95 Å². The molecule has 0 saturated heterocycles. The number of nitrogens with two attached hydrogens (primary N) is 1. The van der Waals surface area contributed by atoms with Gasteiger partial charge >= 0.3 is 0 Å². The lowest BCUT2D eigenvalue weighted by Crippen LogP contribution is -2.13. The number of anilines is 1. The van der Waals surface area contributed by atoms with Crippen LogP contribution < -0.4 is 16.0 Å². The Morgan fingerprint density at radius 2 is 2.33 bits per heavy atom. The molecule has 0 unspecified atom stereocenters. The molecule has 15 heavy (non-hydrogen) atoms. The Morgan fingerprint density at radius 1 is 1.53 bits per heavy atom. The number of rotatable bonds is 6. The predicted octanol–water partition coefficient (Wildman–Crippen LogP) is 0.317. The molecule has 0 aliphatic rings. The zero-order valence-electron chi connectivity index (χ0n) is 8.36. The summed E-state index contributed by atoms with van der Waals surface area (Å²) in [5.41, 5.74) is 2.20. The summed E-state index contributed by atoms with van der Waals surface area (Å²) in [6.07, 6.45) is 0.984. The van der Waals surface area contributed by atoms with Gasteiger partial charge in [-0.05, 0) is 6.92 Å². The first-order valence-corrected chi connectivity index (χ1v) is 4.47. The van der Waals surface area contributed by atoms with E-state index in [-0.39, 0.29) is 18.4 Å². The van der Waals surface area contributed by atoms with Crippen molar-refractivity contribution in [3.63, 3.8) is 0 Å². The van der Waals surface area contributed by atoms with Gasteiger partial charge in [0.1, 0.15) is 6.61 Å². The molecule has 0 aliphatic carbocycles. The normalized spacial score (nSPS) is 10.1. The summed E-state index contributed by atoms with van der Waals surface area (Å²) in [5.74, 6) is 4.39. The number of hydrazine groups is 1. The first-order valence-electron chi connectivity index (χ1n) is 4.47. The second-order valence-corrected chi connectivity index (χ2v) is 2.54. The number of hydrogen-bond acceptors (Lipinski definition) is 6. The minimum absolute atomic E-state index is 0.0998. The number of nitrogens with zero attached hydrogens (tertiary/aromatic N) is 2. The number of nitrogens with one attached hydrogen (secondary N) is 1. The van der Waals surface area contributed by atoms with Gasteiger partial charge in [0.15, 0.2) is 0 Å². The van der Waals surface area contributed by atoms with Crippen molar-refractivity contribution in [2.75, 3.05) is 25.2 Å². The summed E-state index contributed by atoms with van der Waals surface area (Å²) in [6.45, 7) is 3.06. The molecule has 0 spiro atoms. The molecule has 7 heteroatoms. The van der Waals surface area contributed by atoms with Gasteiger partial charge in [0.25, 0.3) is 5.88 Å². The molecule has 0 aliphatic heterocycles. The average molecular weight is 216 g/mol. The van der Waals surface area contributed by atoms with Gasteiger partial charge in [0.2, 0.25) is 11.8 Å². The van der Waals surface area contributed by atoms with E-state index in [9.17, 15) is 4.39 Å². The number of hydrogen-bond donors (Lipinski definition) is 2. The molecule has 84 valence electrons. The van der Waals surface area contributed by atoms with E-state index in [0.29, 0.717) is 13.2 Å². The van der Waals surface area contributed by atoms with E-state index in [2.05, 4.69) is 15.4 Å². The molecule has 1 heterocycles. The standard InChI is InChI=1S/C8H13FN4O2/c1-2-14-3-4-15-7-6(9)5-11-8(12-7)13-10/h5H,2-4,10H2,1H3,(H,11,12,13). The van der Waals surface area contributed by atoms with E-state index >= 15 is 0 Å². The van der Waals surface area contributed by atoms with Crippen molar-refractivity contribution in [3.8, 4) is 5.88 Å². The van der Waals surface area contributed by atoms with E-state index in [0.717, 1.165) is 6.20 Å². The van der Waals surface area contributed by atoms with Gasteiger partial charge in [0.05, 0.1) is 12.8 Å². The van der Waals surface area contributed by atoms with Crippen molar-refractivity contribution in [1.29, 1.82) is 0 Å². The summed E-state index contributed by atoms with van der Waals surface area (Å²) in [5, 5.41) is 0. The van der Waals surface area contributed by atoms with Crippen LogP contribution in [-0.4, -0.2) is 29.8 Å². The molecule has 0 atom stereocenters. The smallest absolute Gasteiger partial charge is 0.255 e. The van der Waals surface area contributed by atoms with Crippen LogP contribution in [0.2, 0.25) is 0 Å². The second kappa shape index (κ2) is 6.10. The molecule has 6 nitrogen and oxygen atoms in total. The monoisotopic (exact) mass is 216 g/mol. The Hall–Kier alpha value is -1.47. The van der Waals surface area contributed by atoms with Crippen LogP contribution in [0, 0.1) is 5.82 Å². The van der Waals surface area contributed by atoms with Crippen LogP contribution >= 0.6 is 0 Å². The molecular weight excluding hydrogens is 203 g/mol. The molecule has 3 N–H and O–H groups in total. The van der Waals surface area contributed by atoms with E-state index in [1.807, 2.05) is 6.92 Å². The van der Waals surface area contributed by atoms with E-state index in [1.54, 1.807) is 0 Å². The average Bonchev–Trinajstić information content (AvgIpc) is 2.26. The predicted molar refractivity (Wildman–Crippen MR) is 51.8 cm³/mol. The quantitative estimate of drug-likeness (QED) is 0.405. The van der Waals surface area contributed by atoms with Crippen molar-refractivity contribution in [2.45, 2.75) is 6.92 Å². The number of ether oxygens (including phenoxy) is 2. The van der Waals surface area contributed by atoms with Gasteiger partial charge < -0.3 is 9.47 Å². The highest BCUT2D eigenvalue weighted by Gasteiger charge is 2.07. The highest BCUT2D eigenvalue weighted by molar-refractivity contribution is 5.26. The van der Waals surface area contributed by atoms with Crippen LogP contribution in [0.4, 0.5) is 10.3 Å². The second-order valence-electron chi connectivity index (χ2n) is 2.54. The fourth-order valence-electron chi connectivity index (χ4n) is 0.864. The maximum atomic E-state index is 13.1. The first kappa shape index (κ1) is 11.6. The Kier molecular flexibility index (Phi) is 4.72. The fraction of sp³-hybridized carbons (Fsp3) is 0.500. The van der Waals surface area contributed by atoms with Gasteiger partial charge in [-0.15, -0.1) is 0 Å². The van der Waals surface area contributed by atoms with Crippen LogP contribution in [0.5, 0.6) is 5.88 Å². The van der Waals surface area contributed by atoms with Crippen molar-refractivity contribution in [3.05, 3.63) is 12.0 Å². The Morgan fingerprint density at radius 3 is 3.00 bits per heavy atom. The lowest BCUT2D eigenvalue weighted by atomic mass is 10.6. The third-order valence-electron chi connectivity index (χ3n) is 1.51. The van der Waals surface area contributed by atoms with Crippen LogP contribution in [0.1, 0.15) is 6.92 Å². The maximum Gasteiger partial charge on any atom is 0.255 e. The molecule has 0 saturated carbocycles. The van der Waals surface area contributed by atoms with Gasteiger partial charge in [-0.1, -0.05) is 0 Å². The fourth-order valence-corrected chi connectivity index (χ4v) is 0.864. The molecule has 0 radical (unpaired) electrons. The minimum Gasteiger partial charge on any atom is -0.473 e. The van der Waals surface area contributed by atoms with Crippen molar-refractivity contribution in [2.24, 2.45) is 5.84 Å². The molecule has 1 rings (SSSR count). The van der Waals surface area contributed by atoms with Crippen molar-refractivity contribution in [1.82, 2.24) is 9.97 Å². The zero-order valence-corrected chi connectivity index (χ0v) is 8.36. The van der Waals surface area contributed by atoms with Crippen molar-refractivity contribution < 1.29 is 13.9 Å². The SMILES string of the molecule is CCOCCOc1nc(NN)ncc1F. The summed E-state index contributed by atoms with van der Waals surface area (Å²) in [6, 6.07) is 0. The third-order valence-corrected chi connectivity index (χ3v) is 1.51. The minimum atomic E-state index is -0.634. The largest absolute Gasteiger partial charge is 0.473 e. The molecule has 0 aromatic carbocycles. The molecule has 0 fully saturated rings. The molecule has 1 aromatic rings. The number of nitrogen functional groups attached to an aromatic ring is 1. The Bertz CT molecular complexity index is 311. The van der Waals surface area contributed by atoms with Crippen LogP contribution in [-0.2, 0) is 4.74 Å². The third kappa shape index (κ3) is 3.64. The lowest BCUT2D eigenvalue weighted by Gasteiger charge is -2.06. The number of halogens is 1. The van der Waals surface area contributed by atoms with Gasteiger partial charge in [-0.2, -0.15) is 9.37 Å². The van der Waals surface area contributed by atoms with Crippen LogP contribution in [0.3, 0.4) is 0 Å². The Labute approximate surface area is 86.6 Å². The number of aromatic nitrogens is 2. The van der Waals surface area contributed by atoms with Gasteiger partial charge in [-0.3, -0.25) is 5.43 Å². The van der Waals surface area contributed by atoms with E-state index in [1.165, 1.54) is 0 Å². The molecular formula is C8H13FN4O2. The van der Waals surface area contributed by atoms with Gasteiger partial charge in [0, 0.05) is 6.61 Å². The van der Waals surface area contributed by atoms with Crippen LogP contribution in [0.25, 0.3) is 0 Å². The first-order chi connectivity index (χ1) is 7.27. The highest BCUT2D eigenvalue weighted by Crippen LogP contribution is 2.13. The summed E-state index contributed by atoms with van der Waals surface area (Å²) in [4.78, 5) is 7.26. The van der Waals surface area contributed by atoms with Crippen LogP contribution in [0.15, 0.2) is 6.20 Å². The maximum absolute atomic E-state index is 13.1. The summed E-state index contributed by atoms with van der Waals surface area (Å²) >= 11 is 0. The summed E-state index contributed by atoms with van der Waals surface area (Å²) in [7, 11) is 0. The zero-order chi connectivity index (χ0) is 11.1. The molecule has 0 amide bonds. The van der Waals surface area contributed by atoms with Gasteiger partial charge in [-0.25, -0.2) is 10.8 Å². The Balaban J connectivity index is 2.51. The summed E-state index contributed by atoms with van der Waals surface area (Å²) < 4.78 is 23.1. The van der Waals surface area contributed by atoms with E-state index < -0.39 is 5.82 Å². The molecule has 1 aromatic heterocycles.